The van der Waals surface area contributed by atoms with Crippen LogP contribution < -0.4 is 0 Å². The predicted molar refractivity (Wildman–Crippen MR) is 88.1 cm³/mol. The number of carbonyl (C=O) groups excluding carboxylic acids is 2. The third-order valence-electron chi connectivity index (χ3n) is 4.20. The number of benzene rings is 1. The van der Waals surface area contributed by atoms with Crippen LogP contribution in [-0.2, 0) is 9.59 Å². The van der Waals surface area contributed by atoms with E-state index in [1.54, 1.807) is 11.3 Å². The van der Waals surface area contributed by atoms with E-state index in [-0.39, 0.29) is 11.7 Å². The van der Waals surface area contributed by atoms with Gasteiger partial charge in [-0.3, -0.25) is 4.79 Å². The van der Waals surface area contributed by atoms with E-state index in [0.717, 1.165) is 31.4 Å². The number of fused-ring (bicyclic) bond motifs is 1. The highest BCUT2D eigenvalue weighted by Gasteiger charge is 2.25. The summed E-state index contributed by atoms with van der Waals surface area (Å²) in [5.41, 5.74) is 1.07. The summed E-state index contributed by atoms with van der Waals surface area (Å²) in [6.07, 6.45) is 2.63. The van der Waals surface area contributed by atoms with Crippen LogP contribution in [0.15, 0.2) is 24.3 Å². The Labute approximate surface area is 134 Å². The van der Waals surface area contributed by atoms with Crippen molar-refractivity contribution < 1.29 is 9.59 Å². The van der Waals surface area contributed by atoms with E-state index in [0.29, 0.717) is 18.8 Å². The molecule has 0 spiro atoms. The van der Waals surface area contributed by atoms with Crippen molar-refractivity contribution in [2.24, 2.45) is 0 Å². The van der Waals surface area contributed by atoms with Crippen LogP contribution in [0, 0.1) is 0 Å². The zero-order chi connectivity index (χ0) is 15.5. The van der Waals surface area contributed by atoms with Crippen molar-refractivity contribution in [3.05, 3.63) is 29.3 Å². The number of hydrogen-bond donors (Lipinski definition) is 0. The summed E-state index contributed by atoms with van der Waals surface area (Å²) in [6, 6.07) is 8.22. The molecule has 1 saturated heterocycles. The molecule has 1 aliphatic rings. The summed E-state index contributed by atoms with van der Waals surface area (Å²) >= 11 is 1.77. The highest BCUT2D eigenvalue weighted by atomic mass is 32.1. The molecule has 1 aliphatic heterocycles. The molecule has 0 aliphatic carbocycles. The van der Waals surface area contributed by atoms with Crippen molar-refractivity contribution in [2.75, 3.05) is 13.1 Å². The standard InChI is InChI=1S/C17H20N2O2S/c1-12(20)6-7-16(21)19-10-8-13(9-11-19)17-18-14-4-2-3-5-15(14)22-17/h2-5,13H,6-11H2,1H3. The molecule has 0 radical (unpaired) electrons. The number of aromatic nitrogens is 1. The third kappa shape index (κ3) is 3.35. The number of thiazole rings is 1. The van der Waals surface area contributed by atoms with Crippen LogP contribution in [0.4, 0.5) is 0 Å². The minimum absolute atomic E-state index is 0.0812. The normalized spacial score (nSPS) is 16.1. The van der Waals surface area contributed by atoms with Gasteiger partial charge >= 0.3 is 0 Å². The molecule has 1 aromatic heterocycles. The lowest BCUT2D eigenvalue weighted by Crippen LogP contribution is -2.37. The summed E-state index contributed by atoms with van der Waals surface area (Å²) in [4.78, 5) is 29.7. The number of carbonyl (C=O) groups is 2. The summed E-state index contributed by atoms with van der Waals surface area (Å²) in [5, 5.41) is 1.19. The number of likely N-dealkylation sites (tertiary alicyclic amines) is 1. The zero-order valence-electron chi connectivity index (χ0n) is 12.7. The number of nitrogens with zero attached hydrogens (tertiary/aromatic N) is 2. The molecule has 0 bridgehead atoms. The Hall–Kier alpha value is -1.75. The Morgan fingerprint density at radius 2 is 1.95 bits per heavy atom. The van der Waals surface area contributed by atoms with Crippen molar-refractivity contribution in [2.45, 2.75) is 38.5 Å². The van der Waals surface area contributed by atoms with Gasteiger partial charge in [0, 0.05) is 31.8 Å². The molecular formula is C17H20N2O2S. The van der Waals surface area contributed by atoms with E-state index in [4.69, 9.17) is 4.98 Å². The number of rotatable bonds is 4. The van der Waals surface area contributed by atoms with E-state index in [1.165, 1.54) is 16.6 Å². The Balaban J connectivity index is 1.59. The smallest absolute Gasteiger partial charge is 0.223 e. The van der Waals surface area contributed by atoms with Crippen LogP contribution in [0.3, 0.4) is 0 Å². The topological polar surface area (TPSA) is 50.3 Å². The number of Topliss-reactive ketones (excluding diaryl/α,β-unsaturated/α-hetero) is 1. The quantitative estimate of drug-likeness (QED) is 0.869. The molecule has 4 nitrogen and oxygen atoms in total. The zero-order valence-corrected chi connectivity index (χ0v) is 13.6. The van der Waals surface area contributed by atoms with Gasteiger partial charge in [-0.05, 0) is 31.9 Å². The van der Waals surface area contributed by atoms with E-state index >= 15 is 0 Å². The number of para-hydroxylation sites is 1. The number of piperidine rings is 1. The van der Waals surface area contributed by atoms with Crippen LogP contribution in [0.2, 0.25) is 0 Å². The molecule has 0 N–H and O–H groups in total. The minimum Gasteiger partial charge on any atom is -0.343 e. The molecule has 2 heterocycles. The second kappa shape index (κ2) is 6.57. The Morgan fingerprint density at radius 3 is 2.64 bits per heavy atom. The van der Waals surface area contributed by atoms with E-state index in [9.17, 15) is 9.59 Å². The van der Waals surface area contributed by atoms with E-state index in [2.05, 4.69) is 12.1 Å². The average molecular weight is 316 g/mol. The summed E-state index contributed by atoms with van der Waals surface area (Å²) in [5.74, 6) is 0.643. The van der Waals surface area contributed by atoms with Gasteiger partial charge in [-0.25, -0.2) is 4.98 Å². The first-order chi connectivity index (χ1) is 10.6. The second-order valence-corrected chi connectivity index (χ2v) is 6.94. The van der Waals surface area contributed by atoms with Crippen LogP contribution in [0.25, 0.3) is 10.2 Å². The Bertz CT molecular complexity index is 654. The predicted octanol–water partition coefficient (Wildman–Crippen LogP) is 3.37. The molecule has 1 aromatic carbocycles. The fourth-order valence-corrected chi connectivity index (χ4v) is 4.02. The maximum Gasteiger partial charge on any atom is 0.223 e. The van der Waals surface area contributed by atoms with E-state index < -0.39 is 0 Å². The maximum absolute atomic E-state index is 12.0. The summed E-state index contributed by atoms with van der Waals surface area (Å²) < 4.78 is 1.23. The lowest BCUT2D eigenvalue weighted by molar-refractivity contribution is -0.133. The molecule has 0 atom stereocenters. The highest BCUT2D eigenvalue weighted by molar-refractivity contribution is 7.18. The molecule has 22 heavy (non-hydrogen) atoms. The summed E-state index contributed by atoms with van der Waals surface area (Å²) in [7, 11) is 0. The number of ketones is 1. The molecule has 0 saturated carbocycles. The Kier molecular flexibility index (Phi) is 4.52. The highest BCUT2D eigenvalue weighted by Crippen LogP contribution is 2.33. The lowest BCUT2D eigenvalue weighted by atomic mass is 9.97. The molecule has 1 fully saturated rings. The number of amides is 1. The Morgan fingerprint density at radius 1 is 1.23 bits per heavy atom. The molecule has 116 valence electrons. The first-order valence-corrected chi connectivity index (χ1v) is 8.58. The van der Waals surface area contributed by atoms with Gasteiger partial charge < -0.3 is 9.69 Å². The van der Waals surface area contributed by atoms with E-state index in [1.807, 2.05) is 17.0 Å². The third-order valence-corrected chi connectivity index (χ3v) is 5.40. The second-order valence-electron chi connectivity index (χ2n) is 5.88. The van der Waals surface area contributed by atoms with Crippen LogP contribution in [-0.4, -0.2) is 34.7 Å². The summed E-state index contributed by atoms with van der Waals surface area (Å²) in [6.45, 7) is 3.08. The fraction of sp³-hybridized carbons (Fsp3) is 0.471. The lowest BCUT2D eigenvalue weighted by Gasteiger charge is -2.31. The van der Waals surface area contributed by atoms with Gasteiger partial charge in [0.05, 0.1) is 15.2 Å². The van der Waals surface area contributed by atoms with Crippen LogP contribution in [0.1, 0.15) is 43.5 Å². The molecule has 1 amide bonds. The first kappa shape index (κ1) is 15.2. The molecule has 0 unspecified atom stereocenters. The van der Waals surface area contributed by atoms with Crippen LogP contribution >= 0.6 is 11.3 Å². The number of hydrogen-bond acceptors (Lipinski definition) is 4. The fourth-order valence-electron chi connectivity index (χ4n) is 2.88. The van der Waals surface area contributed by atoms with Gasteiger partial charge in [0.15, 0.2) is 0 Å². The van der Waals surface area contributed by atoms with Gasteiger partial charge in [0.1, 0.15) is 5.78 Å². The van der Waals surface area contributed by atoms with Crippen molar-refractivity contribution in [1.82, 2.24) is 9.88 Å². The van der Waals surface area contributed by atoms with Gasteiger partial charge in [0.25, 0.3) is 0 Å². The maximum atomic E-state index is 12.0. The monoisotopic (exact) mass is 316 g/mol. The van der Waals surface area contributed by atoms with Crippen molar-refractivity contribution in [3.8, 4) is 0 Å². The van der Waals surface area contributed by atoms with Crippen molar-refractivity contribution >= 4 is 33.2 Å². The molecule has 3 rings (SSSR count). The minimum atomic E-state index is 0.0812. The van der Waals surface area contributed by atoms with Gasteiger partial charge in [0.2, 0.25) is 5.91 Å². The van der Waals surface area contributed by atoms with Gasteiger partial charge in [-0.2, -0.15) is 0 Å². The van der Waals surface area contributed by atoms with Crippen molar-refractivity contribution in [1.29, 1.82) is 0 Å². The van der Waals surface area contributed by atoms with Gasteiger partial charge in [-0.15, -0.1) is 11.3 Å². The molecule has 2 aromatic rings. The van der Waals surface area contributed by atoms with Crippen LogP contribution in [0.5, 0.6) is 0 Å². The molecule has 5 heteroatoms. The van der Waals surface area contributed by atoms with Crippen molar-refractivity contribution in [3.63, 3.8) is 0 Å². The molecular weight excluding hydrogens is 296 g/mol. The average Bonchev–Trinajstić information content (AvgIpc) is 2.96. The first-order valence-electron chi connectivity index (χ1n) is 7.76. The largest absolute Gasteiger partial charge is 0.343 e. The van der Waals surface area contributed by atoms with Gasteiger partial charge in [-0.1, -0.05) is 12.1 Å². The SMILES string of the molecule is CC(=O)CCC(=O)N1CCC(c2nc3ccccc3s2)CC1.